The molecule has 6 rings (SSSR count). The molecule has 1 aliphatic carbocycles. The number of aryl methyl sites for hydroxylation is 1. The Kier molecular flexibility index (Phi) is 9.99. The third-order valence-electron chi connectivity index (χ3n) is 8.88. The van der Waals surface area contributed by atoms with E-state index in [9.17, 15) is 24.4 Å². The summed E-state index contributed by atoms with van der Waals surface area (Å²) < 4.78 is 5.35. The van der Waals surface area contributed by atoms with Crippen LogP contribution in [-0.4, -0.2) is 70.5 Å². The Hall–Kier alpha value is -5.96. The van der Waals surface area contributed by atoms with Crippen LogP contribution in [0.15, 0.2) is 89.3 Å². The molecule has 3 N–H and O–H groups in total. The number of hydrogen-bond acceptors (Lipinski definition) is 9. The van der Waals surface area contributed by atoms with E-state index in [0.29, 0.717) is 43.9 Å². The number of anilines is 2. The van der Waals surface area contributed by atoms with E-state index in [1.54, 1.807) is 52.6 Å². The molecule has 2 fully saturated rings. The molecule has 4 heterocycles. The van der Waals surface area contributed by atoms with Crippen molar-refractivity contribution in [1.29, 1.82) is 5.26 Å². The number of nitrogens with zero attached hydrogens (tertiary/aromatic N) is 4. The number of nitriles is 1. The second kappa shape index (κ2) is 14.9. The Morgan fingerprint density at radius 1 is 1.00 bits per heavy atom. The number of Topliss-reactive ketones (excluding diaryl/α,β-unsaturated/α-hetero) is 1. The molecule has 2 saturated heterocycles. The van der Waals surface area contributed by atoms with Gasteiger partial charge in [-0.1, -0.05) is 12.1 Å². The Morgan fingerprint density at radius 2 is 1.80 bits per heavy atom. The maximum absolute atomic E-state index is 14.1. The van der Waals surface area contributed by atoms with Gasteiger partial charge >= 0.3 is 0 Å². The largest absolute Gasteiger partial charge is 0.472 e. The zero-order chi connectivity index (χ0) is 34.3. The van der Waals surface area contributed by atoms with Gasteiger partial charge in [0.15, 0.2) is 0 Å². The van der Waals surface area contributed by atoms with Gasteiger partial charge in [-0.15, -0.1) is 0 Å². The predicted molar refractivity (Wildman–Crippen MR) is 182 cm³/mol. The highest BCUT2D eigenvalue weighted by atomic mass is 16.3. The van der Waals surface area contributed by atoms with Crippen LogP contribution in [-0.2, 0) is 9.59 Å². The van der Waals surface area contributed by atoms with Gasteiger partial charge in [-0.3, -0.25) is 24.2 Å². The highest BCUT2D eigenvalue weighted by Gasteiger charge is 2.32. The molecule has 0 spiro atoms. The van der Waals surface area contributed by atoms with Gasteiger partial charge in [0.2, 0.25) is 17.6 Å². The second-order valence-electron chi connectivity index (χ2n) is 12.3. The molecule has 4 aliphatic rings. The van der Waals surface area contributed by atoms with Crippen molar-refractivity contribution in [2.45, 2.75) is 45.1 Å². The topological polar surface area (TPSA) is 161 Å². The summed E-state index contributed by atoms with van der Waals surface area (Å²) in [7, 11) is 0. The first-order chi connectivity index (χ1) is 23.8. The highest BCUT2D eigenvalue weighted by molar-refractivity contribution is 6.14. The molecule has 2 aromatic rings. The number of carbonyl (C=O) groups is 4. The van der Waals surface area contributed by atoms with E-state index in [0.717, 1.165) is 36.0 Å². The molecular formula is C37H37N7O5. The second-order valence-corrected chi connectivity index (χ2v) is 12.3. The number of allylic oxidation sites excluding steroid dienone is 1. The molecule has 3 aliphatic heterocycles. The van der Waals surface area contributed by atoms with Crippen molar-refractivity contribution < 1.29 is 23.6 Å². The maximum atomic E-state index is 14.1. The summed E-state index contributed by atoms with van der Waals surface area (Å²) in [5.41, 5.74) is 3.64. The first-order valence-corrected chi connectivity index (χ1v) is 16.4. The smallest absolute Gasteiger partial charge is 0.255 e. The quantitative estimate of drug-likeness (QED) is 0.121. The van der Waals surface area contributed by atoms with E-state index < -0.39 is 17.7 Å². The molecule has 0 radical (unpaired) electrons. The van der Waals surface area contributed by atoms with E-state index in [1.165, 1.54) is 24.6 Å². The number of carbonyl (C=O) groups excluding carboxylic acids is 4. The van der Waals surface area contributed by atoms with Crippen LogP contribution in [0.25, 0.3) is 11.1 Å². The van der Waals surface area contributed by atoms with Gasteiger partial charge in [0.25, 0.3) is 5.91 Å². The summed E-state index contributed by atoms with van der Waals surface area (Å²) in [5.74, 6) is -1.38. The molecular weight excluding hydrogens is 622 g/mol. The van der Waals surface area contributed by atoms with Crippen LogP contribution in [0.3, 0.4) is 0 Å². The number of fused-ring (bicyclic) bond motifs is 1. The summed E-state index contributed by atoms with van der Waals surface area (Å²) in [6, 6.07) is 14.4. The number of benzene rings is 1. The molecule has 12 heteroatoms. The molecule has 0 bridgehead atoms. The van der Waals surface area contributed by atoms with Crippen molar-refractivity contribution in [1.82, 2.24) is 20.1 Å². The minimum absolute atomic E-state index is 0.0163. The van der Waals surface area contributed by atoms with Gasteiger partial charge in [0, 0.05) is 48.1 Å². The normalized spacial score (nSPS) is 16.8. The summed E-state index contributed by atoms with van der Waals surface area (Å²) in [6.45, 7) is 3.70. The number of amides is 3. The van der Waals surface area contributed by atoms with Crippen molar-refractivity contribution in [3.05, 3.63) is 102 Å². The summed E-state index contributed by atoms with van der Waals surface area (Å²) in [6.07, 6.45) is 10.0. The van der Waals surface area contributed by atoms with Gasteiger partial charge in [0.05, 0.1) is 36.6 Å². The number of hydrogen-bond donors (Lipinski definition) is 3. The fourth-order valence-corrected chi connectivity index (χ4v) is 6.30. The number of rotatable bonds is 10. The molecule has 49 heavy (non-hydrogen) atoms. The number of pyridine rings is 1. The van der Waals surface area contributed by atoms with E-state index in [2.05, 4.69) is 27.0 Å². The molecule has 12 nitrogen and oxygen atoms in total. The van der Waals surface area contributed by atoms with Crippen LogP contribution < -0.4 is 16.0 Å². The Bertz CT molecular complexity index is 1910. The Labute approximate surface area is 284 Å². The zero-order valence-corrected chi connectivity index (χ0v) is 27.2. The van der Waals surface area contributed by atoms with Crippen molar-refractivity contribution in [3.8, 4) is 17.2 Å². The SMILES string of the molecule is Cc1cc2coccc-2c1NC(N[C@H]1CCCCN(CC(=O)N2CCCC2)C1=O)=C(C#N)C(=O)c1cccc(C(=O)Nc2cccnc2)c1. The molecule has 1 aromatic heterocycles. The number of ketones is 1. The Morgan fingerprint density at radius 3 is 2.57 bits per heavy atom. The highest BCUT2D eigenvalue weighted by Crippen LogP contribution is 2.37. The van der Waals surface area contributed by atoms with Crippen LogP contribution in [0.4, 0.5) is 11.4 Å². The maximum Gasteiger partial charge on any atom is 0.255 e. The molecule has 0 saturated carbocycles. The average molecular weight is 660 g/mol. The summed E-state index contributed by atoms with van der Waals surface area (Å²) >= 11 is 0. The molecule has 1 atom stereocenters. The standard InChI is InChI=1S/C37H37N7O5/c1-24-18-27-23-49-17-12-29(27)33(24)42-35(41-31-11-2-3-16-44(37(31)48)22-32(45)43-14-4-5-15-43)30(20-38)34(46)25-8-6-9-26(19-25)36(47)40-28-10-7-13-39-21-28/h6-10,12-13,17-19,21,23,31,41-42H,2-5,11,14-16,22H2,1H3,(H,40,47)/t31-/m0/s1. The van der Waals surface area contributed by atoms with Crippen LogP contribution in [0.1, 0.15) is 58.4 Å². The van der Waals surface area contributed by atoms with Crippen LogP contribution in [0, 0.1) is 18.3 Å². The van der Waals surface area contributed by atoms with Crippen LogP contribution >= 0.6 is 0 Å². The average Bonchev–Trinajstić information content (AvgIpc) is 3.73. The molecule has 3 amide bonds. The third kappa shape index (κ3) is 7.46. The monoisotopic (exact) mass is 659 g/mol. The lowest BCUT2D eigenvalue weighted by Gasteiger charge is -2.28. The first kappa shape index (κ1) is 33.0. The number of nitrogens with one attached hydrogen (secondary N) is 3. The first-order valence-electron chi connectivity index (χ1n) is 16.4. The van der Waals surface area contributed by atoms with Crippen molar-refractivity contribution >= 4 is 34.9 Å². The lowest BCUT2D eigenvalue weighted by Crippen LogP contribution is -2.49. The summed E-state index contributed by atoms with van der Waals surface area (Å²) in [4.78, 5) is 61.5. The van der Waals surface area contributed by atoms with Crippen molar-refractivity contribution in [2.24, 2.45) is 0 Å². The Balaban J connectivity index is 1.33. The van der Waals surface area contributed by atoms with Gasteiger partial charge in [0.1, 0.15) is 23.5 Å². The molecule has 1 aromatic carbocycles. The number of likely N-dealkylation sites (tertiary alicyclic amines) is 2. The van der Waals surface area contributed by atoms with Gasteiger partial charge in [-0.25, -0.2) is 0 Å². The van der Waals surface area contributed by atoms with Crippen molar-refractivity contribution in [2.75, 3.05) is 36.8 Å². The van der Waals surface area contributed by atoms with Gasteiger partial charge < -0.3 is 30.2 Å². The lowest BCUT2D eigenvalue weighted by atomic mass is 10.0. The predicted octanol–water partition coefficient (Wildman–Crippen LogP) is 4.96. The van der Waals surface area contributed by atoms with E-state index >= 15 is 0 Å². The zero-order valence-electron chi connectivity index (χ0n) is 27.2. The fraction of sp³-hybridized carbons (Fsp3) is 0.297. The lowest BCUT2D eigenvalue weighted by molar-refractivity contribution is -0.140. The fourth-order valence-electron chi connectivity index (χ4n) is 6.30. The van der Waals surface area contributed by atoms with Crippen LogP contribution in [0.5, 0.6) is 0 Å². The van der Waals surface area contributed by atoms with Gasteiger partial charge in [-0.2, -0.15) is 5.26 Å². The summed E-state index contributed by atoms with van der Waals surface area (Å²) in [5, 5.41) is 19.8. The van der Waals surface area contributed by atoms with Crippen molar-refractivity contribution in [3.63, 3.8) is 0 Å². The van der Waals surface area contributed by atoms with E-state index in [4.69, 9.17) is 4.42 Å². The molecule has 0 unspecified atom stereocenters. The van der Waals surface area contributed by atoms with Gasteiger partial charge in [-0.05, 0) is 81.0 Å². The van der Waals surface area contributed by atoms with Crippen LogP contribution in [0.2, 0.25) is 0 Å². The minimum Gasteiger partial charge on any atom is -0.472 e. The van der Waals surface area contributed by atoms with E-state index in [-0.39, 0.29) is 40.9 Å². The minimum atomic E-state index is -0.805. The third-order valence-corrected chi connectivity index (χ3v) is 8.88. The molecule has 250 valence electrons. The number of aromatic nitrogens is 1. The van der Waals surface area contributed by atoms with E-state index in [1.807, 2.05) is 13.0 Å².